The molecule has 0 atom stereocenters. The molecule has 3 aliphatic rings. The Labute approximate surface area is 215 Å². The molecule has 0 unspecified atom stereocenters. The third-order valence-corrected chi connectivity index (χ3v) is 7.61. The van der Waals surface area contributed by atoms with Gasteiger partial charge in [0.25, 0.3) is 0 Å². The average Bonchev–Trinajstić information content (AvgIpc) is 3.47. The van der Waals surface area contributed by atoms with E-state index in [9.17, 15) is 10.1 Å². The zero-order valence-corrected chi connectivity index (χ0v) is 20.6. The predicted molar refractivity (Wildman–Crippen MR) is 141 cm³/mol. The fourth-order valence-corrected chi connectivity index (χ4v) is 5.14. The molecule has 2 aromatic carbocycles. The van der Waals surface area contributed by atoms with Crippen LogP contribution in [0.4, 0.5) is 10.5 Å². The number of urea groups is 1. The van der Waals surface area contributed by atoms with E-state index in [1.807, 2.05) is 36.4 Å². The number of carbonyl (C=O) groups is 1. The van der Waals surface area contributed by atoms with Crippen molar-refractivity contribution in [3.63, 3.8) is 0 Å². The minimum atomic E-state index is -0.168. The van der Waals surface area contributed by atoms with Gasteiger partial charge in [-0.1, -0.05) is 12.1 Å². The van der Waals surface area contributed by atoms with Crippen LogP contribution in [0.5, 0.6) is 5.75 Å². The van der Waals surface area contributed by atoms with E-state index in [0.29, 0.717) is 18.2 Å². The van der Waals surface area contributed by atoms with Crippen LogP contribution in [0, 0.1) is 11.3 Å². The summed E-state index contributed by atoms with van der Waals surface area (Å²) in [6.07, 6.45) is 7.49. The Bertz CT molecular complexity index is 1310. The number of anilines is 1. The first-order valence-electron chi connectivity index (χ1n) is 13.1. The summed E-state index contributed by atoms with van der Waals surface area (Å²) in [7, 11) is 0. The van der Waals surface area contributed by atoms with Crippen molar-refractivity contribution in [3.8, 4) is 23.1 Å². The Hall–Kier alpha value is -3.62. The van der Waals surface area contributed by atoms with Crippen molar-refractivity contribution in [3.05, 3.63) is 48.0 Å². The first-order valence-corrected chi connectivity index (χ1v) is 13.1. The molecule has 2 amide bonds. The van der Waals surface area contributed by atoms with Crippen molar-refractivity contribution in [2.24, 2.45) is 0 Å². The Morgan fingerprint density at radius 3 is 2.46 bits per heavy atom. The van der Waals surface area contributed by atoms with E-state index in [0.717, 1.165) is 65.7 Å². The second-order valence-electron chi connectivity index (χ2n) is 10.0. The Kier molecular flexibility index (Phi) is 6.68. The lowest BCUT2D eigenvalue weighted by molar-refractivity contribution is 0.240. The summed E-state index contributed by atoms with van der Waals surface area (Å²) in [6, 6.07) is 16.7. The van der Waals surface area contributed by atoms with Crippen LogP contribution < -0.4 is 37.3 Å². The summed E-state index contributed by atoms with van der Waals surface area (Å²) in [5.74, 6) is 0.789. The maximum atomic E-state index is 12.3. The van der Waals surface area contributed by atoms with Crippen molar-refractivity contribution >= 4 is 22.6 Å². The molecule has 37 heavy (non-hydrogen) atoms. The standard InChI is InChI=1S/C27H32N8O2/c28-16-23-22-12-11-21(37-14-13-25-31-33-34-32-25)15-24(22)35(20-5-2-6-20)26(23)17-7-9-19(10-8-17)30-27(36)29-18-3-1-4-18/h7-12,15,18,20,25,31-34H,1-6,13-14H2,(H2,29,30,36). The number of carbonyl (C=O) groups excluding carboxylic acids is 1. The van der Waals surface area contributed by atoms with Crippen molar-refractivity contribution in [1.82, 2.24) is 31.8 Å². The second-order valence-corrected chi connectivity index (χ2v) is 10.0. The lowest BCUT2D eigenvalue weighted by Gasteiger charge is -2.30. The summed E-state index contributed by atoms with van der Waals surface area (Å²) in [5.41, 5.74) is 16.1. The van der Waals surface area contributed by atoms with Crippen molar-refractivity contribution in [2.75, 3.05) is 11.9 Å². The number of fused-ring (bicyclic) bond motifs is 1. The molecule has 1 aliphatic heterocycles. The van der Waals surface area contributed by atoms with Crippen molar-refractivity contribution in [1.29, 1.82) is 5.26 Å². The number of hydrogen-bond donors (Lipinski definition) is 6. The number of benzene rings is 2. The number of aromatic nitrogens is 1. The lowest BCUT2D eigenvalue weighted by atomic mass is 9.92. The Balaban J connectivity index is 1.27. The highest BCUT2D eigenvalue weighted by Crippen LogP contribution is 2.43. The van der Waals surface area contributed by atoms with Gasteiger partial charge in [0.2, 0.25) is 0 Å². The molecule has 1 aromatic heterocycles. The molecule has 6 N–H and O–H groups in total. The van der Waals surface area contributed by atoms with E-state index in [2.05, 4.69) is 49.3 Å². The molecule has 192 valence electrons. The molecule has 0 spiro atoms. The van der Waals surface area contributed by atoms with E-state index in [1.54, 1.807) is 0 Å². The molecule has 0 radical (unpaired) electrons. The quantitative estimate of drug-likeness (QED) is 0.278. The van der Waals surface area contributed by atoms with Crippen molar-refractivity contribution < 1.29 is 9.53 Å². The van der Waals surface area contributed by atoms with Crippen molar-refractivity contribution in [2.45, 2.75) is 63.2 Å². The SMILES string of the molecule is N#Cc1c(-c2ccc(NC(=O)NC3CCC3)cc2)n(C2CCC2)c2cc(OCCC3NNNN3)ccc12. The Morgan fingerprint density at radius 1 is 1.05 bits per heavy atom. The molecule has 3 fully saturated rings. The van der Waals surface area contributed by atoms with Crippen LogP contribution >= 0.6 is 0 Å². The number of amides is 2. The molecule has 2 heterocycles. The maximum Gasteiger partial charge on any atom is 0.319 e. The highest BCUT2D eigenvalue weighted by atomic mass is 16.5. The van der Waals surface area contributed by atoms with Gasteiger partial charge in [0.15, 0.2) is 0 Å². The normalized spacial score (nSPS) is 18.2. The molecule has 10 heteroatoms. The molecule has 10 nitrogen and oxygen atoms in total. The molecular weight excluding hydrogens is 468 g/mol. The number of nitriles is 1. The fraction of sp³-hybridized carbons (Fsp3) is 0.407. The molecule has 2 aliphatic carbocycles. The number of rotatable bonds is 8. The molecule has 3 aromatic rings. The smallest absolute Gasteiger partial charge is 0.319 e. The molecule has 2 saturated carbocycles. The first-order chi connectivity index (χ1) is 18.2. The Morgan fingerprint density at radius 2 is 1.81 bits per heavy atom. The maximum absolute atomic E-state index is 12.3. The van der Waals surface area contributed by atoms with Gasteiger partial charge in [-0.2, -0.15) is 16.3 Å². The van der Waals surface area contributed by atoms with Crippen LogP contribution in [0.2, 0.25) is 0 Å². The second kappa shape index (κ2) is 10.4. The lowest BCUT2D eigenvalue weighted by Crippen LogP contribution is -2.41. The molecule has 0 bridgehead atoms. The third-order valence-electron chi connectivity index (χ3n) is 7.61. The summed E-state index contributed by atoms with van der Waals surface area (Å²) in [5, 5.41) is 17.1. The van der Waals surface area contributed by atoms with Crippen LogP contribution in [0.3, 0.4) is 0 Å². The summed E-state index contributed by atoms with van der Waals surface area (Å²) >= 11 is 0. The van der Waals surface area contributed by atoms with Crippen LogP contribution in [-0.2, 0) is 0 Å². The molecular formula is C27H32N8O2. The largest absolute Gasteiger partial charge is 0.493 e. The van der Waals surface area contributed by atoms with Crippen LogP contribution in [0.1, 0.15) is 56.6 Å². The molecule has 6 rings (SSSR count). The van der Waals surface area contributed by atoms with Crippen LogP contribution in [-0.4, -0.2) is 29.4 Å². The average molecular weight is 501 g/mol. The van der Waals surface area contributed by atoms with E-state index in [1.165, 1.54) is 12.8 Å². The van der Waals surface area contributed by atoms with Gasteiger partial charge in [-0.25, -0.2) is 15.6 Å². The van der Waals surface area contributed by atoms with Gasteiger partial charge < -0.3 is 19.9 Å². The highest BCUT2D eigenvalue weighted by molar-refractivity contribution is 5.96. The highest BCUT2D eigenvalue weighted by Gasteiger charge is 2.28. The van der Waals surface area contributed by atoms with Gasteiger partial charge in [0.05, 0.1) is 29.5 Å². The summed E-state index contributed by atoms with van der Waals surface area (Å²) in [6.45, 7) is 0.546. The fourth-order valence-electron chi connectivity index (χ4n) is 5.14. The topological polar surface area (TPSA) is 127 Å². The van der Waals surface area contributed by atoms with E-state index in [-0.39, 0.29) is 18.2 Å². The minimum Gasteiger partial charge on any atom is -0.493 e. The number of ether oxygens (including phenoxy) is 1. The van der Waals surface area contributed by atoms with Crippen LogP contribution in [0.25, 0.3) is 22.2 Å². The van der Waals surface area contributed by atoms with Crippen LogP contribution in [0.15, 0.2) is 42.5 Å². The monoisotopic (exact) mass is 500 g/mol. The van der Waals surface area contributed by atoms with Gasteiger partial charge >= 0.3 is 6.03 Å². The van der Waals surface area contributed by atoms with Gasteiger partial charge in [-0.05, 0) is 68.4 Å². The van der Waals surface area contributed by atoms with E-state index in [4.69, 9.17) is 4.74 Å². The number of nitrogens with zero attached hydrogens (tertiary/aromatic N) is 2. The summed E-state index contributed by atoms with van der Waals surface area (Å²) < 4.78 is 8.39. The number of hydrazine groups is 3. The molecule has 1 saturated heterocycles. The first kappa shape index (κ1) is 23.8. The van der Waals surface area contributed by atoms with Gasteiger partial charge in [0, 0.05) is 35.6 Å². The van der Waals surface area contributed by atoms with E-state index >= 15 is 0 Å². The minimum absolute atomic E-state index is 0.0844. The number of nitrogens with one attached hydrogen (secondary N) is 6. The van der Waals surface area contributed by atoms with Gasteiger partial charge in [-0.3, -0.25) is 0 Å². The zero-order chi connectivity index (χ0) is 25.2. The number of hydrogen-bond acceptors (Lipinski definition) is 7. The van der Waals surface area contributed by atoms with Gasteiger partial charge in [0.1, 0.15) is 11.8 Å². The summed E-state index contributed by atoms with van der Waals surface area (Å²) in [4.78, 5) is 12.3. The van der Waals surface area contributed by atoms with E-state index < -0.39 is 0 Å². The predicted octanol–water partition coefficient (Wildman–Crippen LogP) is 3.79. The van der Waals surface area contributed by atoms with Gasteiger partial charge in [-0.15, -0.1) is 0 Å². The zero-order valence-electron chi connectivity index (χ0n) is 20.6. The third kappa shape index (κ3) is 4.86.